The first-order chi connectivity index (χ1) is 9.86. The average Bonchev–Trinajstić information content (AvgIpc) is 2.70. The number of aromatic nitrogens is 1. The van der Waals surface area contributed by atoms with Crippen LogP contribution in [0, 0.1) is 0 Å². The van der Waals surface area contributed by atoms with E-state index >= 15 is 0 Å². The highest BCUT2D eigenvalue weighted by Gasteiger charge is 2.16. The van der Waals surface area contributed by atoms with Crippen molar-refractivity contribution in [3.05, 3.63) is 48.2 Å². The summed E-state index contributed by atoms with van der Waals surface area (Å²) in [5.41, 5.74) is 4.90. The van der Waals surface area contributed by atoms with Gasteiger partial charge in [-0.25, -0.2) is 10.8 Å². The van der Waals surface area contributed by atoms with Gasteiger partial charge in [-0.1, -0.05) is 12.1 Å². The standard InChI is InChI=1S/C15H18N4O/c16-18-15-10-12(6-7-17-15)11-19-8-3-9-20-14-5-2-1-4-13(14)19/h1-2,4-7,10H,3,8-9,11,16H2,(H,17,18). The van der Waals surface area contributed by atoms with Crippen molar-refractivity contribution in [2.24, 2.45) is 5.84 Å². The van der Waals surface area contributed by atoms with Gasteiger partial charge in [0.2, 0.25) is 0 Å². The summed E-state index contributed by atoms with van der Waals surface area (Å²) in [6, 6.07) is 12.1. The summed E-state index contributed by atoms with van der Waals surface area (Å²) < 4.78 is 5.77. The van der Waals surface area contributed by atoms with Gasteiger partial charge in [0.05, 0.1) is 12.3 Å². The minimum absolute atomic E-state index is 0.682. The summed E-state index contributed by atoms with van der Waals surface area (Å²) in [7, 11) is 0. The van der Waals surface area contributed by atoms with Gasteiger partial charge in [-0.3, -0.25) is 0 Å². The monoisotopic (exact) mass is 270 g/mol. The van der Waals surface area contributed by atoms with E-state index in [1.807, 2.05) is 30.3 Å². The molecule has 0 spiro atoms. The van der Waals surface area contributed by atoms with Gasteiger partial charge in [-0.05, 0) is 36.2 Å². The van der Waals surface area contributed by atoms with E-state index in [0.717, 1.165) is 37.6 Å². The molecule has 20 heavy (non-hydrogen) atoms. The predicted molar refractivity (Wildman–Crippen MR) is 79.7 cm³/mol. The van der Waals surface area contributed by atoms with E-state index < -0.39 is 0 Å². The molecular weight excluding hydrogens is 252 g/mol. The Bertz CT molecular complexity index is 588. The molecule has 3 rings (SSSR count). The van der Waals surface area contributed by atoms with E-state index in [-0.39, 0.29) is 0 Å². The molecule has 0 aliphatic carbocycles. The molecule has 1 aromatic carbocycles. The van der Waals surface area contributed by atoms with Crippen LogP contribution < -0.4 is 20.9 Å². The Morgan fingerprint density at radius 1 is 1.30 bits per heavy atom. The third kappa shape index (κ3) is 2.67. The van der Waals surface area contributed by atoms with Gasteiger partial charge in [0, 0.05) is 19.3 Å². The van der Waals surface area contributed by atoms with Crippen LogP contribution in [0.5, 0.6) is 5.75 Å². The summed E-state index contributed by atoms with van der Waals surface area (Å²) >= 11 is 0. The van der Waals surface area contributed by atoms with Crippen molar-refractivity contribution < 1.29 is 4.74 Å². The van der Waals surface area contributed by atoms with Gasteiger partial charge >= 0.3 is 0 Å². The third-order valence-electron chi connectivity index (χ3n) is 3.38. The largest absolute Gasteiger partial charge is 0.491 e. The maximum atomic E-state index is 5.77. The lowest BCUT2D eigenvalue weighted by Gasteiger charge is -2.23. The Balaban J connectivity index is 1.86. The van der Waals surface area contributed by atoms with E-state index in [2.05, 4.69) is 21.4 Å². The number of nitrogen functional groups attached to an aromatic ring is 1. The molecule has 0 unspecified atom stereocenters. The van der Waals surface area contributed by atoms with Crippen molar-refractivity contribution in [2.75, 3.05) is 23.5 Å². The number of nitrogens with zero attached hydrogens (tertiary/aromatic N) is 2. The van der Waals surface area contributed by atoms with Gasteiger partial charge < -0.3 is 15.1 Å². The molecule has 5 nitrogen and oxygen atoms in total. The van der Waals surface area contributed by atoms with Gasteiger partial charge in [0.1, 0.15) is 11.6 Å². The topological polar surface area (TPSA) is 63.4 Å². The minimum Gasteiger partial charge on any atom is -0.491 e. The number of nitrogens with one attached hydrogen (secondary N) is 1. The Morgan fingerprint density at radius 3 is 3.10 bits per heavy atom. The molecule has 5 heteroatoms. The second-order valence-corrected chi connectivity index (χ2v) is 4.78. The van der Waals surface area contributed by atoms with Crippen LogP contribution in [0.2, 0.25) is 0 Å². The molecular formula is C15H18N4O. The fraction of sp³-hybridized carbons (Fsp3) is 0.267. The van der Waals surface area contributed by atoms with Gasteiger partial charge in [-0.15, -0.1) is 0 Å². The summed E-state index contributed by atoms with van der Waals surface area (Å²) in [5, 5.41) is 0. The second-order valence-electron chi connectivity index (χ2n) is 4.78. The highest BCUT2D eigenvalue weighted by Crippen LogP contribution is 2.31. The first-order valence-corrected chi connectivity index (χ1v) is 6.75. The van der Waals surface area contributed by atoms with E-state index in [0.29, 0.717) is 5.82 Å². The van der Waals surface area contributed by atoms with Crippen LogP contribution in [-0.4, -0.2) is 18.1 Å². The first kappa shape index (κ1) is 12.7. The van der Waals surface area contributed by atoms with Crippen molar-refractivity contribution in [2.45, 2.75) is 13.0 Å². The number of hydrogen-bond acceptors (Lipinski definition) is 5. The summed E-state index contributed by atoms with van der Waals surface area (Å²) in [5.74, 6) is 7.04. The number of pyridine rings is 1. The molecule has 0 radical (unpaired) electrons. The van der Waals surface area contributed by atoms with Crippen molar-refractivity contribution in [3.63, 3.8) is 0 Å². The molecule has 104 valence electrons. The molecule has 2 heterocycles. The fourth-order valence-electron chi connectivity index (χ4n) is 2.43. The van der Waals surface area contributed by atoms with E-state index in [1.54, 1.807) is 6.20 Å². The Hall–Kier alpha value is -2.27. The molecule has 0 atom stereocenters. The van der Waals surface area contributed by atoms with Gasteiger partial charge in [0.25, 0.3) is 0 Å². The quantitative estimate of drug-likeness (QED) is 0.661. The van der Waals surface area contributed by atoms with Crippen molar-refractivity contribution in [1.29, 1.82) is 0 Å². The first-order valence-electron chi connectivity index (χ1n) is 6.75. The van der Waals surface area contributed by atoms with Gasteiger partial charge in [-0.2, -0.15) is 0 Å². The zero-order valence-corrected chi connectivity index (χ0v) is 11.2. The smallest absolute Gasteiger partial charge is 0.142 e. The number of ether oxygens (including phenoxy) is 1. The molecule has 0 bridgehead atoms. The number of nitrogens with two attached hydrogens (primary N) is 1. The molecule has 1 aromatic heterocycles. The number of fused-ring (bicyclic) bond motifs is 1. The van der Waals surface area contributed by atoms with Crippen molar-refractivity contribution >= 4 is 11.5 Å². The van der Waals surface area contributed by atoms with E-state index in [9.17, 15) is 0 Å². The van der Waals surface area contributed by atoms with E-state index in [1.165, 1.54) is 5.56 Å². The highest BCUT2D eigenvalue weighted by atomic mass is 16.5. The minimum atomic E-state index is 0.682. The highest BCUT2D eigenvalue weighted by molar-refractivity contribution is 5.59. The molecule has 1 aliphatic heterocycles. The SMILES string of the molecule is NNc1cc(CN2CCCOc3ccccc32)ccn1. The van der Waals surface area contributed by atoms with Crippen LogP contribution in [0.15, 0.2) is 42.6 Å². The average molecular weight is 270 g/mol. The zero-order chi connectivity index (χ0) is 13.8. The molecule has 0 saturated carbocycles. The normalized spacial score (nSPS) is 14.2. The third-order valence-corrected chi connectivity index (χ3v) is 3.38. The molecule has 0 saturated heterocycles. The summed E-state index contributed by atoms with van der Waals surface area (Å²) in [4.78, 5) is 6.47. The van der Waals surface area contributed by atoms with Crippen LogP contribution >= 0.6 is 0 Å². The molecule has 1 aliphatic rings. The summed E-state index contributed by atoms with van der Waals surface area (Å²) in [6.45, 7) is 2.56. The number of hydrazine groups is 1. The predicted octanol–water partition coefficient (Wildman–Crippen LogP) is 2.16. The number of para-hydroxylation sites is 2. The van der Waals surface area contributed by atoms with Crippen LogP contribution in [0.1, 0.15) is 12.0 Å². The Labute approximate surface area is 118 Å². The van der Waals surface area contributed by atoms with Crippen LogP contribution in [0.3, 0.4) is 0 Å². The maximum absolute atomic E-state index is 5.77. The molecule has 2 aromatic rings. The number of rotatable bonds is 3. The lowest BCUT2D eigenvalue weighted by molar-refractivity contribution is 0.322. The lowest BCUT2D eigenvalue weighted by atomic mass is 10.2. The van der Waals surface area contributed by atoms with Crippen molar-refractivity contribution in [3.8, 4) is 5.75 Å². The Morgan fingerprint density at radius 2 is 2.20 bits per heavy atom. The second kappa shape index (κ2) is 5.79. The Kier molecular flexibility index (Phi) is 3.69. The number of anilines is 2. The van der Waals surface area contributed by atoms with E-state index in [4.69, 9.17) is 10.6 Å². The fourth-order valence-corrected chi connectivity index (χ4v) is 2.43. The van der Waals surface area contributed by atoms with Crippen LogP contribution in [-0.2, 0) is 6.54 Å². The van der Waals surface area contributed by atoms with Crippen molar-refractivity contribution in [1.82, 2.24) is 4.98 Å². The van der Waals surface area contributed by atoms with Gasteiger partial charge in [0.15, 0.2) is 0 Å². The zero-order valence-electron chi connectivity index (χ0n) is 11.2. The van der Waals surface area contributed by atoms with Crippen LogP contribution in [0.25, 0.3) is 0 Å². The number of benzene rings is 1. The van der Waals surface area contributed by atoms with Crippen LogP contribution in [0.4, 0.5) is 11.5 Å². The maximum Gasteiger partial charge on any atom is 0.142 e. The molecule has 3 N–H and O–H groups in total. The number of hydrogen-bond donors (Lipinski definition) is 2. The summed E-state index contributed by atoms with van der Waals surface area (Å²) in [6.07, 6.45) is 2.78. The molecule has 0 amide bonds. The lowest BCUT2D eigenvalue weighted by Crippen LogP contribution is -2.23. The molecule has 0 fully saturated rings.